The number of unbranched alkanes of at least 4 members (excludes halogenated alkanes) is 1. The zero-order valence-corrected chi connectivity index (χ0v) is 15.1. The average Bonchev–Trinajstić information content (AvgIpc) is 2.78. The van der Waals surface area contributed by atoms with Gasteiger partial charge in [-0.1, -0.05) is 33.6 Å². The highest BCUT2D eigenvalue weighted by molar-refractivity contribution is 7.89. The van der Waals surface area contributed by atoms with Crippen molar-refractivity contribution in [3.05, 3.63) is 0 Å². The molecule has 0 aromatic heterocycles. The molecule has 2 aliphatic rings. The number of ketones is 2. The van der Waals surface area contributed by atoms with Crippen molar-refractivity contribution >= 4 is 27.6 Å². The summed E-state index contributed by atoms with van der Waals surface area (Å²) in [6, 6.07) is -1.21. The summed E-state index contributed by atoms with van der Waals surface area (Å²) < 4.78 is 27.3. The second kappa shape index (κ2) is 6.22. The van der Waals surface area contributed by atoms with Crippen LogP contribution in [0.25, 0.3) is 0 Å². The van der Waals surface area contributed by atoms with Crippen molar-refractivity contribution in [3.63, 3.8) is 0 Å². The van der Waals surface area contributed by atoms with Crippen molar-refractivity contribution < 1.29 is 27.9 Å². The van der Waals surface area contributed by atoms with Crippen LogP contribution in [0.1, 0.15) is 52.9 Å². The van der Waals surface area contributed by atoms with E-state index in [-0.39, 0.29) is 6.42 Å². The van der Waals surface area contributed by atoms with Gasteiger partial charge in [-0.05, 0) is 24.7 Å². The Morgan fingerprint density at radius 3 is 2.46 bits per heavy atom. The van der Waals surface area contributed by atoms with Gasteiger partial charge >= 0.3 is 5.97 Å². The largest absolute Gasteiger partial charge is 0.480 e. The van der Waals surface area contributed by atoms with Gasteiger partial charge in [0.15, 0.2) is 0 Å². The minimum Gasteiger partial charge on any atom is -0.480 e. The summed E-state index contributed by atoms with van der Waals surface area (Å²) in [6.45, 7) is 5.40. The second-order valence-electron chi connectivity index (χ2n) is 7.50. The van der Waals surface area contributed by atoms with Gasteiger partial charge in [-0.15, -0.1) is 0 Å². The maximum atomic E-state index is 12.5. The van der Waals surface area contributed by atoms with Crippen LogP contribution in [-0.2, 0) is 24.4 Å². The highest BCUT2D eigenvalue weighted by Crippen LogP contribution is 2.62. The molecular formula is C16H25NO6S. The molecule has 7 nitrogen and oxygen atoms in total. The van der Waals surface area contributed by atoms with E-state index in [2.05, 4.69) is 4.72 Å². The molecule has 2 aliphatic carbocycles. The molecule has 3 unspecified atom stereocenters. The molecule has 2 N–H and O–H groups in total. The fourth-order valence-electron chi connectivity index (χ4n) is 4.21. The quantitative estimate of drug-likeness (QED) is 0.627. The van der Waals surface area contributed by atoms with Gasteiger partial charge in [0, 0.05) is 5.92 Å². The molecule has 2 rings (SSSR count). The van der Waals surface area contributed by atoms with E-state index >= 15 is 0 Å². The molecule has 136 valence electrons. The van der Waals surface area contributed by atoms with Gasteiger partial charge in [-0.25, -0.2) is 13.1 Å². The first-order valence-corrected chi connectivity index (χ1v) is 9.95. The number of nitrogens with one attached hydrogen (secondary N) is 1. The standard InChI is InChI=1S/C16H25NO6S/c1-4-5-6-11(14(20)21)17-24(22,23)9-16-8-7-10(15(16,2)3)12(18)13(16)19/h10-11,17H,4-9H2,1-3H3,(H,20,21). The van der Waals surface area contributed by atoms with Gasteiger partial charge in [-0.2, -0.15) is 0 Å². The molecule has 0 spiro atoms. The Morgan fingerprint density at radius 1 is 1.38 bits per heavy atom. The van der Waals surface area contributed by atoms with Gasteiger partial charge in [0.25, 0.3) is 0 Å². The van der Waals surface area contributed by atoms with Crippen LogP contribution in [0, 0.1) is 16.7 Å². The van der Waals surface area contributed by atoms with E-state index in [0.717, 1.165) is 6.42 Å². The molecule has 2 saturated carbocycles. The lowest BCUT2D eigenvalue weighted by Crippen LogP contribution is -2.49. The van der Waals surface area contributed by atoms with Gasteiger partial charge in [0.05, 0.1) is 11.2 Å². The van der Waals surface area contributed by atoms with Crippen molar-refractivity contribution in [1.82, 2.24) is 4.72 Å². The predicted octanol–water partition coefficient (Wildman–Crippen LogP) is 1.12. The first-order valence-electron chi connectivity index (χ1n) is 8.30. The first kappa shape index (κ1) is 19.1. The molecule has 2 bridgehead atoms. The lowest BCUT2D eigenvalue weighted by molar-refractivity contribution is -0.141. The molecule has 0 aliphatic heterocycles. The van der Waals surface area contributed by atoms with E-state index in [0.29, 0.717) is 19.3 Å². The molecule has 24 heavy (non-hydrogen) atoms. The van der Waals surface area contributed by atoms with Crippen molar-refractivity contribution in [2.45, 2.75) is 58.9 Å². The summed E-state index contributed by atoms with van der Waals surface area (Å²) in [4.78, 5) is 35.8. The van der Waals surface area contributed by atoms with Crippen LogP contribution in [0.5, 0.6) is 0 Å². The van der Waals surface area contributed by atoms with E-state index in [1.807, 2.05) is 6.92 Å². The molecule has 0 aromatic carbocycles. The summed E-state index contributed by atoms with van der Waals surface area (Å²) in [6.07, 6.45) is 2.37. The Kier molecular flexibility index (Phi) is 4.94. The maximum Gasteiger partial charge on any atom is 0.321 e. The Balaban J connectivity index is 2.24. The normalized spacial score (nSPS) is 29.9. The van der Waals surface area contributed by atoms with Crippen molar-refractivity contribution in [1.29, 1.82) is 0 Å². The smallest absolute Gasteiger partial charge is 0.321 e. The predicted molar refractivity (Wildman–Crippen MR) is 86.8 cm³/mol. The average molecular weight is 359 g/mol. The van der Waals surface area contributed by atoms with Gasteiger partial charge in [0.1, 0.15) is 6.04 Å². The Labute approximate surface area is 142 Å². The van der Waals surface area contributed by atoms with Crippen LogP contribution in [0.15, 0.2) is 0 Å². The Bertz CT molecular complexity index is 668. The topological polar surface area (TPSA) is 118 Å². The number of rotatable bonds is 8. The van der Waals surface area contributed by atoms with E-state index in [4.69, 9.17) is 0 Å². The fourth-order valence-corrected chi connectivity index (χ4v) is 6.25. The van der Waals surface area contributed by atoms with Crippen molar-refractivity contribution in [2.75, 3.05) is 5.75 Å². The summed E-state index contributed by atoms with van der Waals surface area (Å²) in [5.74, 6) is -3.29. The van der Waals surface area contributed by atoms with E-state index in [1.165, 1.54) is 0 Å². The highest BCUT2D eigenvalue weighted by Gasteiger charge is 2.69. The molecule has 0 amide bonds. The third-order valence-electron chi connectivity index (χ3n) is 5.84. The molecule has 0 aromatic rings. The maximum absolute atomic E-state index is 12.5. The molecule has 3 atom stereocenters. The number of hydrogen-bond donors (Lipinski definition) is 2. The number of Topliss-reactive ketones (excluding diaryl/α,β-unsaturated/α-hetero) is 2. The zero-order valence-electron chi connectivity index (χ0n) is 14.3. The molecule has 2 fully saturated rings. The van der Waals surface area contributed by atoms with Gasteiger partial charge in [0.2, 0.25) is 21.6 Å². The van der Waals surface area contributed by atoms with E-state index in [9.17, 15) is 27.9 Å². The van der Waals surface area contributed by atoms with E-state index < -0.39 is 56.1 Å². The van der Waals surface area contributed by atoms with Crippen LogP contribution >= 0.6 is 0 Å². The SMILES string of the molecule is CCCCC(NS(=O)(=O)CC12CCC(C(=O)C1=O)C2(C)C)C(=O)O. The second-order valence-corrected chi connectivity index (χ2v) is 9.25. The number of carboxylic acids is 1. The van der Waals surface area contributed by atoms with Gasteiger partial charge < -0.3 is 5.11 Å². The fraction of sp³-hybridized carbons (Fsp3) is 0.812. The molecule has 0 saturated heterocycles. The highest BCUT2D eigenvalue weighted by atomic mass is 32.2. The van der Waals surface area contributed by atoms with Gasteiger partial charge in [-0.3, -0.25) is 14.4 Å². The summed E-state index contributed by atoms with van der Waals surface area (Å²) in [5, 5.41) is 9.20. The molecule has 0 radical (unpaired) electrons. The van der Waals surface area contributed by atoms with Crippen LogP contribution in [0.4, 0.5) is 0 Å². The third-order valence-corrected chi connectivity index (χ3v) is 7.36. The zero-order chi connectivity index (χ0) is 18.3. The van der Waals surface area contributed by atoms with Crippen LogP contribution < -0.4 is 4.72 Å². The first-order chi connectivity index (χ1) is 11.0. The van der Waals surface area contributed by atoms with E-state index in [1.54, 1.807) is 13.8 Å². The van der Waals surface area contributed by atoms with Crippen LogP contribution in [0.2, 0.25) is 0 Å². The Hall–Kier alpha value is -1.28. The van der Waals surface area contributed by atoms with Crippen LogP contribution in [0.3, 0.4) is 0 Å². The lowest BCUT2D eigenvalue weighted by atomic mass is 9.70. The number of carbonyl (C=O) groups excluding carboxylic acids is 2. The Morgan fingerprint density at radius 2 is 2.00 bits per heavy atom. The number of fused-ring (bicyclic) bond motifs is 2. The number of carbonyl (C=O) groups is 3. The monoisotopic (exact) mass is 359 g/mol. The number of sulfonamides is 1. The molecular weight excluding hydrogens is 334 g/mol. The third kappa shape index (κ3) is 2.90. The number of hydrogen-bond acceptors (Lipinski definition) is 5. The summed E-state index contributed by atoms with van der Waals surface area (Å²) in [7, 11) is -4.01. The van der Waals surface area contributed by atoms with Crippen molar-refractivity contribution in [3.8, 4) is 0 Å². The molecule has 0 heterocycles. The lowest BCUT2D eigenvalue weighted by Gasteiger charge is -2.35. The minimum absolute atomic E-state index is 0.191. The minimum atomic E-state index is -4.01. The molecule has 8 heteroatoms. The number of carboxylic acid groups (broad SMARTS) is 1. The van der Waals surface area contributed by atoms with Crippen LogP contribution in [-0.4, -0.2) is 42.9 Å². The summed E-state index contributed by atoms with van der Waals surface area (Å²) >= 11 is 0. The number of aliphatic carboxylic acids is 1. The van der Waals surface area contributed by atoms with Crippen molar-refractivity contribution in [2.24, 2.45) is 16.7 Å². The summed E-state index contributed by atoms with van der Waals surface area (Å²) in [5.41, 5.74) is -1.97.